The van der Waals surface area contributed by atoms with Gasteiger partial charge in [-0.15, -0.1) is 11.8 Å². The molecule has 0 amide bonds. The standard InChI is InChI=1S/C10H12ClIN2OS2/c1-15-4-6-8(12)9(11)14-10(13-6)7-5-16-2-3-17-7/h7H,2-5H2,1H3. The number of halogens is 2. The molecule has 7 heteroatoms. The monoisotopic (exact) mass is 402 g/mol. The van der Waals surface area contributed by atoms with Crippen molar-refractivity contribution in [3.8, 4) is 0 Å². The highest BCUT2D eigenvalue weighted by molar-refractivity contribution is 14.1. The van der Waals surface area contributed by atoms with E-state index in [-0.39, 0.29) is 0 Å². The van der Waals surface area contributed by atoms with Gasteiger partial charge in [-0.2, -0.15) is 11.8 Å². The molecule has 2 rings (SSSR count). The fourth-order valence-electron chi connectivity index (χ4n) is 1.49. The maximum Gasteiger partial charge on any atom is 0.146 e. The fourth-order valence-corrected chi connectivity index (χ4v) is 4.69. The zero-order valence-electron chi connectivity index (χ0n) is 9.28. The summed E-state index contributed by atoms with van der Waals surface area (Å²) in [5.41, 5.74) is 0.888. The zero-order valence-corrected chi connectivity index (χ0v) is 13.8. The first kappa shape index (κ1) is 14.2. The molecule has 1 fully saturated rings. The van der Waals surface area contributed by atoms with Crippen LogP contribution in [-0.4, -0.2) is 34.3 Å². The Morgan fingerprint density at radius 1 is 1.47 bits per heavy atom. The van der Waals surface area contributed by atoms with E-state index < -0.39 is 0 Å². The summed E-state index contributed by atoms with van der Waals surface area (Å²) in [6, 6.07) is 0. The van der Waals surface area contributed by atoms with Gasteiger partial charge in [0, 0.05) is 24.4 Å². The molecule has 0 N–H and O–H groups in total. The minimum Gasteiger partial charge on any atom is -0.378 e. The first-order valence-corrected chi connectivity index (χ1v) is 8.78. The third kappa shape index (κ3) is 3.62. The lowest BCUT2D eigenvalue weighted by molar-refractivity contribution is 0.180. The Kier molecular flexibility index (Phi) is 5.66. The summed E-state index contributed by atoms with van der Waals surface area (Å²) >= 11 is 12.2. The number of ether oxygens (including phenoxy) is 1. The quantitative estimate of drug-likeness (QED) is 0.572. The topological polar surface area (TPSA) is 35.0 Å². The molecule has 1 aromatic rings. The summed E-state index contributed by atoms with van der Waals surface area (Å²) in [5.74, 6) is 4.28. The highest BCUT2D eigenvalue weighted by atomic mass is 127. The van der Waals surface area contributed by atoms with Crippen LogP contribution in [0.15, 0.2) is 0 Å². The van der Waals surface area contributed by atoms with Crippen LogP contribution in [0.5, 0.6) is 0 Å². The summed E-state index contributed by atoms with van der Waals surface area (Å²) in [6.07, 6.45) is 0. The average molecular weight is 403 g/mol. The predicted octanol–water partition coefficient (Wildman–Crippen LogP) is 3.40. The molecule has 1 aliphatic rings. The Morgan fingerprint density at radius 2 is 2.29 bits per heavy atom. The van der Waals surface area contributed by atoms with Gasteiger partial charge in [-0.3, -0.25) is 0 Å². The van der Waals surface area contributed by atoms with Crippen LogP contribution in [0.4, 0.5) is 0 Å². The summed E-state index contributed by atoms with van der Waals surface area (Å²) < 4.78 is 6.03. The van der Waals surface area contributed by atoms with E-state index >= 15 is 0 Å². The highest BCUT2D eigenvalue weighted by Crippen LogP contribution is 2.36. The van der Waals surface area contributed by atoms with Gasteiger partial charge in [0.05, 0.1) is 21.1 Å². The van der Waals surface area contributed by atoms with Crippen LogP contribution in [0.25, 0.3) is 0 Å². The van der Waals surface area contributed by atoms with Gasteiger partial charge in [0.25, 0.3) is 0 Å². The van der Waals surface area contributed by atoms with Gasteiger partial charge in [-0.1, -0.05) is 11.6 Å². The van der Waals surface area contributed by atoms with Gasteiger partial charge in [0.1, 0.15) is 11.0 Å². The van der Waals surface area contributed by atoms with Crippen molar-refractivity contribution in [2.24, 2.45) is 0 Å². The summed E-state index contributed by atoms with van der Waals surface area (Å²) in [7, 11) is 1.66. The molecule has 0 aliphatic carbocycles. The van der Waals surface area contributed by atoms with Crippen molar-refractivity contribution < 1.29 is 4.74 Å². The Labute approximate surface area is 128 Å². The molecule has 0 spiro atoms. The number of nitrogens with zero attached hydrogens (tertiary/aromatic N) is 2. The summed E-state index contributed by atoms with van der Waals surface area (Å²) in [5, 5.41) is 0.901. The molecule has 3 nitrogen and oxygen atoms in total. The number of rotatable bonds is 3. The Morgan fingerprint density at radius 3 is 2.94 bits per heavy atom. The number of aromatic nitrogens is 2. The molecule has 1 unspecified atom stereocenters. The maximum atomic E-state index is 6.14. The van der Waals surface area contributed by atoms with E-state index in [9.17, 15) is 0 Å². The second kappa shape index (κ2) is 6.79. The van der Waals surface area contributed by atoms with Gasteiger partial charge in [-0.05, 0) is 22.6 Å². The van der Waals surface area contributed by atoms with Gasteiger partial charge in [0.15, 0.2) is 0 Å². The first-order valence-electron chi connectivity index (χ1n) is 5.12. The molecule has 1 saturated heterocycles. The van der Waals surface area contributed by atoms with Crippen molar-refractivity contribution in [3.05, 3.63) is 20.2 Å². The molecule has 17 heavy (non-hydrogen) atoms. The van der Waals surface area contributed by atoms with Crippen LogP contribution in [0.1, 0.15) is 16.8 Å². The smallest absolute Gasteiger partial charge is 0.146 e. The van der Waals surface area contributed by atoms with Crippen LogP contribution in [-0.2, 0) is 11.3 Å². The lowest BCUT2D eigenvalue weighted by atomic mass is 10.3. The van der Waals surface area contributed by atoms with E-state index in [2.05, 4.69) is 32.6 Å². The van der Waals surface area contributed by atoms with E-state index in [4.69, 9.17) is 16.3 Å². The summed E-state index contributed by atoms with van der Waals surface area (Å²) in [4.78, 5) is 8.98. The second-order valence-corrected chi connectivity index (χ2v) is 7.40. The molecule has 1 aliphatic heterocycles. The van der Waals surface area contributed by atoms with Crippen molar-refractivity contribution in [2.45, 2.75) is 11.9 Å². The maximum absolute atomic E-state index is 6.14. The molecule has 94 valence electrons. The molecule has 1 atom stereocenters. The third-order valence-corrected chi connectivity index (χ3v) is 6.76. The minimum atomic E-state index is 0.360. The van der Waals surface area contributed by atoms with Gasteiger partial charge in [0.2, 0.25) is 0 Å². The number of thioether (sulfide) groups is 2. The van der Waals surface area contributed by atoms with Crippen molar-refractivity contribution >= 4 is 57.7 Å². The predicted molar refractivity (Wildman–Crippen MR) is 83.0 cm³/mol. The third-order valence-electron chi connectivity index (χ3n) is 2.28. The van der Waals surface area contributed by atoms with Crippen molar-refractivity contribution in [3.63, 3.8) is 0 Å². The van der Waals surface area contributed by atoms with Crippen LogP contribution in [0, 0.1) is 3.57 Å². The van der Waals surface area contributed by atoms with Gasteiger partial charge in [-0.25, -0.2) is 9.97 Å². The molecular weight excluding hydrogens is 391 g/mol. The Bertz CT molecular complexity index is 402. The largest absolute Gasteiger partial charge is 0.378 e. The molecule has 0 aromatic carbocycles. The minimum absolute atomic E-state index is 0.360. The second-order valence-electron chi connectivity index (χ2n) is 3.50. The molecule has 0 saturated carbocycles. The fraction of sp³-hybridized carbons (Fsp3) is 0.600. The molecule has 0 radical (unpaired) electrons. The number of hydrogen-bond donors (Lipinski definition) is 0. The Balaban J connectivity index is 2.27. The van der Waals surface area contributed by atoms with Crippen molar-refractivity contribution in [1.29, 1.82) is 0 Å². The van der Waals surface area contributed by atoms with Crippen LogP contribution in [0.2, 0.25) is 5.15 Å². The van der Waals surface area contributed by atoms with E-state index in [1.54, 1.807) is 7.11 Å². The SMILES string of the molecule is COCc1nc(C2CSCCS2)nc(Cl)c1I. The molecular formula is C10H12ClIN2OS2. The lowest BCUT2D eigenvalue weighted by Gasteiger charge is -2.20. The van der Waals surface area contributed by atoms with Gasteiger partial charge < -0.3 is 4.74 Å². The number of hydrogen-bond acceptors (Lipinski definition) is 5. The highest BCUT2D eigenvalue weighted by Gasteiger charge is 2.21. The van der Waals surface area contributed by atoms with Crippen LogP contribution < -0.4 is 0 Å². The summed E-state index contributed by atoms with van der Waals surface area (Å²) in [6.45, 7) is 0.484. The van der Waals surface area contributed by atoms with Crippen molar-refractivity contribution in [1.82, 2.24) is 9.97 Å². The normalized spacial score (nSPS) is 20.5. The number of methoxy groups -OCH3 is 1. The van der Waals surface area contributed by atoms with Gasteiger partial charge >= 0.3 is 0 Å². The van der Waals surface area contributed by atoms with E-state index in [0.29, 0.717) is 17.0 Å². The van der Waals surface area contributed by atoms with E-state index in [1.807, 2.05) is 23.5 Å². The van der Waals surface area contributed by atoms with E-state index in [0.717, 1.165) is 26.6 Å². The van der Waals surface area contributed by atoms with E-state index in [1.165, 1.54) is 5.75 Å². The lowest BCUT2D eigenvalue weighted by Crippen LogP contribution is -2.13. The molecule has 2 heterocycles. The zero-order chi connectivity index (χ0) is 12.3. The van der Waals surface area contributed by atoms with Crippen LogP contribution >= 0.6 is 57.7 Å². The van der Waals surface area contributed by atoms with Crippen molar-refractivity contribution in [2.75, 3.05) is 24.4 Å². The average Bonchev–Trinajstić information content (AvgIpc) is 2.36. The first-order chi connectivity index (χ1) is 8.22. The Hall–Kier alpha value is 0.760. The van der Waals surface area contributed by atoms with Crippen LogP contribution in [0.3, 0.4) is 0 Å². The molecule has 0 bridgehead atoms. The molecule has 1 aromatic heterocycles.